The topological polar surface area (TPSA) is 113 Å². The first-order chi connectivity index (χ1) is 9.29. The van der Waals surface area contributed by atoms with Crippen LogP contribution in [0, 0.1) is 0 Å². The van der Waals surface area contributed by atoms with Gasteiger partial charge in [-0.25, -0.2) is 4.79 Å². The molecular weight excluding hydrogens is 284 g/mol. The molecule has 116 valence electrons. The summed E-state index contributed by atoms with van der Waals surface area (Å²) in [6.07, 6.45) is 1.76. The highest BCUT2D eigenvalue weighted by atomic mass is 32.2. The van der Waals surface area contributed by atoms with Crippen molar-refractivity contribution in [1.82, 2.24) is 10.6 Å². The van der Waals surface area contributed by atoms with Crippen molar-refractivity contribution < 1.29 is 23.7 Å². The number of unbranched alkanes of at least 4 members (excludes halogenated alkanes) is 1. The third kappa shape index (κ3) is 7.22. The molecule has 0 heterocycles. The Kier molecular flexibility index (Phi) is 8.78. The number of carboxylic acids is 1. The van der Waals surface area contributed by atoms with Crippen molar-refractivity contribution in [2.45, 2.75) is 44.9 Å². The van der Waals surface area contributed by atoms with E-state index in [4.69, 9.17) is 5.11 Å². The van der Waals surface area contributed by atoms with Crippen molar-refractivity contribution in [2.24, 2.45) is 0 Å². The molecule has 0 rings (SSSR count). The van der Waals surface area contributed by atoms with Crippen LogP contribution in [-0.2, 0) is 25.2 Å². The minimum absolute atomic E-state index is 0.294. The van der Waals surface area contributed by atoms with E-state index < -0.39 is 34.0 Å². The third-order valence-corrected chi connectivity index (χ3v) is 4.26. The molecule has 3 atom stereocenters. The molecule has 0 saturated carbocycles. The van der Waals surface area contributed by atoms with Crippen LogP contribution in [0.2, 0.25) is 0 Å². The fourth-order valence-electron chi connectivity index (χ4n) is 1.38. The highest BCUT2D eigenvalue weighted by Gasteiger charge is 2.27. The Morgan fingerprint density at radius 1 is 1.30 bits per heavy atom. The van der Waals surface area contributed by atoms with Gasteiger partial charge in [-0.2, -0.15) is 0 Å². The van der Waals surface area contributed by atoms with Crippen LogP contribution < -0.4 is 10.6 Å². The van der Waals surface area contributed by atoms with Crippen molar-refractivity contribution in [2.75, 3.05) is 12.3 Å². The molecular formula is C12H22N2O5S. The summed E-state index contributed by atoms with van der Waals surface area (Å²) in [6, 6.07) is -1.25. The van der Waals surface area contributed by atoms with Crippen LogP contribution in [0.1, 0.15) is 33.6 Å². The van der Waals surface area contributed by atoms with Gasteiger partial charge < -0.3 is 15.7 Å². The molecule has 7 nitrogen and oxygen atoms in total. The van der Waals surface area contributed by atoms with Gasteiger partial charge in [-0.1, -0.05) is 13.3 Å². The lowest BCUT2D eigenvalue weighted by Gasteiger charge is -2.16. The van der Waals surface area contributed by atoms with E-state index >= 15 is 0 Å². The largest absolute Gasteiger partial charge is 0.480 e. The summed E-state index contributed by atoms with van der Waals surface area (Å²) in [6.45, 7) is 5.15. The van der Waals surface area contributed by atoms with Crippen LogP contribution in [0.4, 0.5) is 0 Å². The monoisotopic (exact) mass is 306 g/mol. The number of rotatable bonds is 9. The SMILES string of the molecule is CCCCNC(=O)C(C)S(=O)CC(NC(C)=O)C(=O)O. The van der Waals surface area contributed by atoms with Gasteiger partial charge in [0.05, 0.1) is 5.75 Å². The van der Waals surface area contributed by atoms with Crippen molar-refractivity contribution in [1.29, 1.82) is 0 Å². The van der Waals surface area contributed by atoms with Crippen molar-refractivity contribution in [3.8, 4) is 0 Å². The van der Waals surface area contributed by atoms with Crippen LogP contribution in [0.5, 0.6) is 0 Å². The Morgan fingerprint density at radius 2 is 1.90 bits per heavy atom. The Bertz CT molecular complexity index is 386. The van der Waals surface area contributed by atoms with Gasteiger partial charge in [0.2, 0.25) is 11.8 Å². The van der Waals surface area contributed by atoms with E-state index in [2.05, 4.69) is 10.6 Å². The fraction of sp³-hybridized carbons (Fsp3) is 0.750. The van der Waals surface area contributed by atoms with Crippen LogP contribution in [0.15, 0.2) is 0 Å². The molecule has 0 saturated heterocycles. The Labute approximate surface area is 121 Å². The molecule has 0 aliphatic rings. The molecule has 0 aromatic carbocycles. The number of carbonyl (C=O) groups is 3. The summed E-state index contributed by atoms with van der Waals surface area (Å²) in [4.78, 5) is 33.5. The van der Waals surface area contributed by atoms with E-state index in [1.165, 1.54) is 13.8 Å². The van der Waals surface area contributed by atoms with Crippen LogP contribution in [-0.4, -0.2) is 50.7 Å². The van der Waals surface area contributed by atoms with E-state index in [-0.39, 0.29) is 11.7 Å². The first-order valence-electron chi connectivity index (χ1n) is 6.44. The molecule has 0 radical (unpaired) electrons. The highest BCUT2D eigenvalue weighted by molar-refractivity contribution is 7.86. The lowest BCUT2D eigenvalue weighted by Crippen LogP contribution is -2.46. The zero-order chi connectivity index (χ0) is 15.7. The lowest BCUT2D eigenvalue weighted by molar-refractivity contribution is -0.140. The molecule has 0 aliphatic carbocycles. The smallest absolute Gasteiger partial charge is 0.327 e. The molecule has 8 heteroatoms. The van der Waals surface area contributed by atoms with Crippen LogP contribution in [0.25, 0.3) is 0 Å². The van der Waals surface area contributed by atoms with E-state index in [1.54, 1.807) is 0 Å². The number of hydrogen-bond acceptors (Lipinski definition) is 4. The zero-order valence-corrected chi connectivity index (χ0v) is 12.8. The summed E-state index contributed by atoms with van der Waals surface area (Å²) in [5.41, 5.74) is 0. The average Bonchev–Trinajstić information content (AvgIpc) is 2.36. The minimum atomic E-state index is -1.67. The number of carboxylic acid groups (broad SMARTS) is 1. The molecule has 0 aromatic heterocycles. The standard InChI is InChI=1S/C12H22N2O5S/c1-4-5-6-13-11(16)8(2)20(19)7-10(12(17)18)14-9(3)15/h8,10H,4-7H2,1-3H3,(H,13,16)(H,14,15)(H,17,18). The summed E-state index contributed by atoms with van der Waals surface area (Å²) in [5.74, 6) is -2.46. The Balaban J connectivity index is 4.44. The number of aliphatic carboxylic acids is 1. The summed E-state index contributed by atoms with van der Waals surface area (Å²) in [7, 11) is -1.67. The van der Waals surface area contributed by atoms with Gasteiger partial charge in [-0.15, -0.1) is 0 Å². The van der Waals surface area contributed by atoms with Crippen LogP contribution in [0.3, 0.4) is 0 Å². The number of amides is 2. The van der Waals surface area contributed by atoms with E-state index in [0.717, 1.165) is 12.8 Å². The Morgan fingerprint density at radius 3 is 2.35 bits per heavy atom. The maximum atomic E-state index is 11.9. The first kappa shape index (κ1) is 18.6. The third-order valence-electron chi connectivity index (χ3n) is 2.60. The second-order valence-electron chi connectivity index (χ2n) is 4.43. The molecule has 0 aliphatic heterocycles. The van der Waals surface area contributed by atoms with Crippen molar-refractivity contribution in [3.63, 3.8) is 0 Å². The normalized spacial score (nSPS) is 14.9. The van der Waals surface area contributed by atoms with Gasteiger partial charge in [-0.05, 0) is 13.3 Å². The average molecular weight is 306 g/mol. The van der Waals surface area contributed by atoms with E-state index in [0.29, 0.717) is 6.54 Å². The number of nitrogens with one attached hydrogen (secondary N) is 2. The van der Waals surface area contributed by atoms with Gasteiger partial charge >= 0.3 is 5.97 Å². The minimum Gasteiger partial charge on any atom is -0.480 e. The molecule has 3 N–H and O–H groups in total. The highest BCUT2D eigenvalue weighted by Crippen LogP contribution is 2.00. The van der Waals surface area contributed by atoms with Gasteiger partial charge in [-0.3, -0.25) is 13.8 Å². The maximum Gasteiger partial charge on any atom is 0.327 e. The number of carbonyl (C=O) groups excluding carboxylic acids is 2. The second-order valence-corrected chi connectivity index (χ2v) is 6.23. The quantitative estimate of drug-likeness (QED) is 0.503. The van der Waals surface area contributed by atoms with E-state index in [1.807, 2.05) is 6.92 Å². The molecule has 2 amide bonds. The fourth-order valence-corrected chi connectivity index (χ4v) is 2.55. The van der Waals surface area contributed by atoms with Gasteiger partial charge in [0.15, 0.2) is 0 Å². The molecule has 20 heavy (non-hydrogen) atoms. The first-order valence-corrected chi connectivity index (χ1v) is 7.82. The van der Waals surface area contributed by atoms with Gasteiger partial charge in [0, 0.05) is 24.3 Å². The molecule has 0 bridgehead atoms. The number of hydrogen-bond donors (Lipinski definition) is 3. The maximum absolute atomic E-state index is 11.9. The van der Waals surface area contributed by atoms with Crippen molar-refractivity contribution >= 4 is 28.6 Å². The summed E-state index contributed by atoms with van der Waals surface area (Å²) in [5, 5.41) is 12.9. The molecule has 0 aromatic rings. The van der Waals surface area contributed by atoms with Crippen LogP contribution >= 0.6 is 0 Å². The Hall–Kier alpha value is -1.44. The predicted molar refractivity (Wildman–Crippen MR) is 75.6 cm³/mol. The van der Waals surface area contributed by atoms with Gasteiger partial charge in [0.25, 0.3) is 0 Å². The molecule has 3 unspecified atom stereocenters. The summed E-state index contributed by atoms with van der Waals surface area (Å²) >= 11 is 0. The second kappa shape index (κ2) is 9.46. The van der Waals surface area contributed by atoms with Crippen molar-refractivity contribution in [3.05, 3.63) is 0 Å². The molecule has 0 spiro atoms. The predicted octanol–water partition coefficient (Wildman–Crippen LogP) is -0.371. The van der Waals surface area contributed by atoms with E-state index in [9.17, 15) is 18.6 Å². The molecule has 0 fully saturated rings. The van der Waals surface area contributed by atoms with Gasteiger partial charge in [0.1, 0.15) is 11.3 Å². The summed E-state index contributed by atoms with van der Waals surface area (Å²) < 4.78 is 11.9. The lowest BCUT2D eigenvalue weighted by atomic mass is 10.3. The zero-order valence-electron chi connectivity index (χ0n) is 12.0.